The van der Waals surface area contributed by atoms with E-state index in [2.05, 4.69) is 33.0 Å². The lowest BCUT2D eigenvalue weighted by Gasteiger charge is -2.34. The molecule has 1 N–H and O–H groups in total. The Morgan fingerprint density at radius 3 is 2.24 bits per heavy atom. The van der Waals surface area contributed by atoms with Gasteiger partial charge in [-0.3, -0.25) is 0 Å². The van der Waals surface area contributed by atoms with Crippen molar-refractivity contribution in [1.29, 1.82) is 0 Å². The highest BCUT2D eigenvalue weighted by molar-refractivity contribution is 4.95. The molecule has 2 fully saturated rings. The highest BCUT2D eigenvalue weighted by atomic mass is 16.5. The second kappa shape index (κ2) is 5.71. The van der Waals surface area contributed by atoms with Gasteiger partial charge in [0, 0.05) is 12.0 Å². The summed E-state index contributed by atoms with van der Waals surface area (Å²) in [7, 11) is 0. The fraction of sp³-hybridized carbons (Fsp3) is 1.00. The molecule has 1 aliphatic carbocycles. The minimum Gasteiger partial charge on any atom is -0.375 e. The van der Waals surface area contributed by atoms with E-state index < -0.39 is 0 Å². The van der Waals surface area contributed by atoms with E-state index in [-0.39, 0.29) is 0 Å². The van der Waals surface area contributed by atoms with E-state index in [0.29, 0.717) is 30.1 Å². The number of hydrogen-bond acceptors (Lipinski definition) is 2. The van der Waals surface area contributed by atoms with Crippen LogP contribution < -0.4 is 5.32 Å². The van der Waals surface area contributed by atoms with Crippen LogP contribution in [0.25, 0.3) is 0 Å². The standard InChI is InChI=1S/C15H29NO/c1-5-16-15(13-8-6-7-9-13)14-10(2)11(3)17-12(14)4/h10-16H,5-9H2,1-4H3. The lowest BCUT2D eigenvalue weighted by atomic mass is 9.77. The summed E-state index contributed by atoms with van der Waals surface area (Å²) in [5.41, 5.74) is 0. The van der Waals surface area contributed by atoms with Crippen molar-refractivity contribution in [2.75, 3.05) is 6.54 Å². The van der Waals surface area contributed by atoms with Gasteiger partial charge in [-0.15, -0.1) is 0 Å². The van der Waals surface area contributed by atoms with Crippen LogP contribution in [0.2, 0.25) is 0 Å². The Balaban J connectivity index is 2.08. The second-order valence-electron chi connectivity index (χ2n) is 6.11. The van der Waals surface area contributed by atoms with E-state index >= 15 is 0 Å². The average Bonchev–Trinajstić information content (AvgIpc) is 2.88. The van der Waals surface area contributed by atoms with Crippen LogP contribution in [0, 0.1) is 17.8 Å². The molecule has 100 valence electrons. The molecule has 17 heavy (non-hydrogen) atoms. The Kier molecular flexibility index (Phi) is 4.48. The van der Waals surface area contributed by atoms with Crippen LogP contribution in [0.3, 0.4) is 0 Å². The molecule has 1 aliphatic heterocycles. The third-order valence-corrected chi connectivity index (χ3v) is 5.08. The van der Waals surface area contributed by atoms with Crippen molar-refractivity contribution in [2.45, 2.75) is 71.6 Å². The molecule has 2 nitrogen and oxygen atoms in total. The van der Waals surface area contributed by atoms with Gasteiger partial charge in [-0.25, -0.2) is 0 Å². The van der Waals surface area contributed by atoms with Gasteiger partial charge in [0.2, 0.25) is 0 Å². The zero-order valence-electron chi connectivity index (χ0n) is 11.9. The molecule has 0 aromatic carbocycles. The molecule has 0 bridgehead atoms. The van der Waals surface area contributed by atoms with Gasteiger partial charge in [-0.2, -0.15) is 0 Å². The quantitative estimate of drug-likeness (QED) is 0.813. The maximum absolute atomic E-state index is 6.03. The maximum atomic E-state index is 6.03. The third-order valence-electron chi connectivity index (χ3n) is 5.08. The Bertz CT molecular complexity index is 237. The van der Waals surface area contributed by atoms with Gasteiger partial charge in [0.05, 0.1) is 12.2 Å². The van der Waals surface area contributed by atoms with Crippen LogP contribution in [-0.4, -0.2) is 24.8 Å². The van der Waals surface area contributed by atoms with Crippen molar-refractivity contribution in [3.8, 4) is 0 Å². The van der Waals surface area contributed by atoms with E-state index in [0.717, 1.165) is 12.5 Å². The first-order chi connectivity index (χ1) is 8.15. The molecule has 2 heteroatoms. The first kappa shape index (κ1) is 13.4. The summed E-state index contributed by atoms with van der Waals surface area (Å²) in [6, 6.07) is 0.678. The van der Waals surface area contributed by atoms with Crippen LogP contribution in [-0.2, 0) is 4.74 Å². The molecule has 1 saturated heterocycles. The van der Waals surface area contributed by atoms with Crippen molar-refractivity contribution in [2.24, 2.45) is 17.8 Å². The summed E-state index contributed by atoms with van der Waals surface area (Å²) in [6.07, 6.45) is 6.54. The summed E-state index contributed by atoms with van der Waals surface area (Å²) >= 11 is 0. The molecule has 5 atom stereocenters. The van der Waals surface area contributed by atoms with E-state index in [1.165, 1.54) is 25.7 Å². The minimum atomic E-state index is 0.421. The Hall–Kier alpha value is -0.0800. The molecule has 1 heterocycles. The lowest BCUT2D eigenvalue weighted by molar-refractivity contribution is 0.0446. The van der Waals surface area contributed by atoms with Crippen LogP contribution in [0.4, 0.5) is 0 Å². The highest BCUT2D eigenvalue weighted by Crippen LogP contribution is 2.40. The van der Waals surface area contributed by atoms with Crippen LogP contribution in [0.5, 0.6) is 0 Å². The van der Waals surface area contributed by atoms with Gasteiger partial charge in [0.25, 0.3) is 0 Å². The largest absolute Gasteiger partial charge is 0.375 e. The smallest absolute Gasteiger partial charge is 0.0597 e. The van der Waals surface area contributed by atoms with Crippen molar-refractivity contribution < 1.29 is 4.74 Å². The summed E-state index contributed by atoms with van der Waals surface area (Å²) < 4.78 is 6.03. The van der Waals surface area contributed by atoms with E-state index in [9.17, 15) is 0 Å². The minimum absolute atomic E-state index is 0.421. The van der Waals surface area contributed by atoms with Crippen molar-refractivity contribution >= 4 is 0 Å². The molecule has 0 aromatic rings. The molecule has 0 aromatic heterocycles. The lowest BCUT2D eigenvalue weighted by Crippen LogP contribution is -2.46. The Labute approximate surface area is 107 Å². The molecule has 0 radical (unpaired) electrons. The fourth-order valence-electron chi connectivity index (χ4n) is 4.08. The third kappa shape index (κ3) is 2.68. The first-order valence-corrected chi connectivity index (χ1v) is 7.54. The molecular formula is C15H29NO. The van der Waals surface area contributed by atoms with Crippen molar-refractivity contribution in [3.05, 3.63) is 0 Å². The van der Waals surface area contributed by atoms with Crippen LogP contribution in [0.1, 0.15) is 53.4 Å². The van der Waals surface area contributed by atoms with Crippen LogP contribution in [0.15, 0.2) is 0 Å². The SMILES string of the molecule is CCNC(C1CCCC1)C1C(C)OC(C)C1C. The highest BCUT2D eigenvalue weighted by Gasteiger charge is 2.44. The van der Waals surface area contributed by atoms with E-state index in [1.807, 2.05) is 0 Å². The number of hydrogen-bond donors (Lipinski definition) is 1. The molecule has 0 spiro atoms. The zero-order valence-corrected chi connectivity index (χ0v) is 11.9. The predicted molar refractivity (Wildman–Crippen MR) is 72.1 cm³/mol. The van der Waals surface area contributed by atoms with Gasteiger partial charge in [-0.05, 0) is 45.1 Å². The number of ether oxygens (including phenoxy) is 1. The molecular weight excluding hydrogens is 210 g/mol. The van der Waals surface area contributed by atoms with Gasteiger partial charge in [0.1, 0.15) is 0 Å². The molecule has 2 aliphatic rings. The normalized spacial score (nSPS) is 40.9. The molecule has 5 unspecified atom stereocenters. The predicted octanol–water partition coefficient (Wildman–Crippen LogP) is 3.21. The molecule has 1 saturated carbocycles. The summed E-state index contributed by atoms with van der Waals surface area (Å²) in [5, 5.41) is 3.77. The summed E-state index contributed by atoms with van der Waals surface area (Å²) in [5.74, 6) is 2.28. The number of nitrogens with one attached hydrogen (secondary N) is 1. The van der Waals surface area contributed by atoms with Crippen molar-refractivity contribution in [1.82, 2.24) is 5.32 Å². The van der Waals surface area contributed by atoms with Crippen LogP contribution >= 0.6 is 0 Å². The summed E-state index contributed by atoms with van der Waals surface area (Å²) in [6.45, 7) is 10.2. The monoisotopic (exact) mass is 239 g/mol. The first-order valence-electron chi connectivity index (χ1n) is 7.54. The Morgan fingerprint density at radius 1 is 1.12 bits per heavy atom. The summed E-state index contributed by atoms with van der Waals surface area (Å²) in [4.78, 5) is 0. The van der Waals surface area contributed by atoms with Gasteiger partial charge >= 0.3 is 0 Å². The zero-order chi connectivity index (χ0) is 12.4. The number of rotatable bonds is 4. The van der Waals surface area contributed by atoms with E-state index in [4.69, 9.17) is 4.74 Å². The van der Waals surface area contributed by atoms with Gasteiger partial charge in [-0.1, -0.05) is 26.7 Å². The molecule has 2 rings (SSSR count). The topological polar surface area (TPSA) is 21.3 Å². The average molecular weight is 239 g/mol. The fourth-order valence-corrected chi connectivity index (χ4v) is 4.08. The maximum Gasteiger partial charge on any atom is 0.0597 e. The molecule has 0 amide bonds. The Morgan fingerprint density at radius 2 is 1.76 bits per heavy atom. The van der Waals surface area contributed by atoms with Gasteiger partial charge in [0.15, 0.2) is 0 Å². The van der Waals surface area contributed by atoms with Crippen molar-refractivity contribution in [3.63, 3.8) is 0 Å². The van der Waals surface area contributed by atoms with E-state index in [1.54, 1.807) is 0 Å². The van der Waals surface area contributed by atoms with Gasteiger partial charge < -0.3 is 10.1 Å². The second-order valence-corrected chi connectivity index (χ2v) is 6.11.